The van der Waals surface area contributed by atoms with Gasteiger partial charge in [0.1, 0.15) is 0 Å². The molecule has 2 aliphatic rings. The van der Waals surface area contributed by atoms with Crippen molar-refractivity contribution >= 4 is 15.9 Å². The average molecular weight is 405 g/mol. The standard InChI is InChI=1S/C21H28N2O4S/c1-4-28(26,27)22-12-18-21(19(14-24)23(18)20(25)13-22)17-10-8-16(9-11-17)7-5-6-15(2)3/h8-11,15,18-19,21,24H,4,6,12-14H2,1-3H3/t18-,19+,21-/m1/s1. The molecule has 28 heavy (non-hydrogen) atoms. The maximum atomic E-state index is 12.5. The van der Waals surface area contributed by atoms with Crippen molar-refractivity contribution in [2.24, 2.45) is 5.92 Å². The van der Waals surface area contributed by atoms with Crippen LogP contribution in [0.25, 0.3) is 0 Å². The molecular formula is C21H28N2O4S. The van der Waals surface area contributed by atoms with Crippen LogP contribution in [0.15, 0.2) is 24.3 Å². The van der Waals surface area contributed by atoms with E-state index in [2.05, 4.69) is 25.7 Å². The van der Waals surface area contributed by atoms with Gasteiger partial charge >= 0.3 is 0 Å². The first-order valence-corrected chi connectivity index (χ1v) is 11.4. The summed E-state index contributed by atoms with van der Waals surface area (Å²) in [7, 11) is -3.43. The van der Waals surface area contributed by atoms with E-state index in [0.29, 0.717) is 5.92 Å². The van der Waals surface area contributed by atoms with E-state index in [4.69, 9.17) is 0 Å². The molecule has 2 saturated heterocycles. The number of fused-ring (bicyclic) bond motifs is 1. The van der Waals surface area contributed by atoms with E-state index < -0.39 is 10.0 Å². The molecular weight excluding hydrogens is 376 g/mol. The monoisotopic (exact) mass is 404 g/mol. The van der Waals surface area contributed by atoms with Gasteiger partial charge in [-0.1, -0.05) is 37.8 Å². The van der Waals surface area contributed by atoms with Crippen LogP contribution in [0.5, 0.6) is 0 Å². The Labute approximate surface area is 167 Å². The van der Waals surface area contributed by atoms with E-state index in [1.165, 1.54) is 4.31 Å². The number of carbonyl (C=O) groups excluding carboxylic acids is 1. The minimum Gasteiger partial charge on any atom is -0.394 e. The summed E-state index contributed by atoms with van der Waals surface area (Å²) in [6.07, 6.45) is 0.845. The molecule has 0 aromatic heterocycles. The molecule has 1 aromatic rings. The van der Waals surface area contributed by atoms with E-state index in [1.807, 2.05) is 24.3 Å². The lowest BCUT2D eigenvalue weighted by Gasteiger charge is -2.58. The fourth-order valence-electron chi connectivity index (χ4n) is 4.01. The molecule has 0 radical (unpaired) electrons. The van der Waals surface area contributed by atoms with E-state index >= 15 is 0 Å². The third-order valence-corrected chi connectivity index (χ3v) is 7.31. The Morgan fingerprint density at radius 3 is 2.50 bits per heavy atom. The first-order valence-electron chi connectivity index (χ1n) is 9.77. The molecule has 2 aliphatic heterocycles. The first-order chi connectivity index (χ1) is 13.3. The minimum atomic E-state index is -3.43. The first kappa shape index (κ1) is 20.8. The van der Waals surface area contributed by atoms with Gasteiger partial charge in [0.05, 0.1) is 31.0 Å². The van der Waals surface area contributed by atoms with Gasteiger partial charge < -0.3 is 10.0 Å². The highest BCUT2D eigenvalue weighted by Crippen LogP contribution is 2.43. The summed E-state index contributed by atoms with van der Waals surface area (Å²) in [5.41, 5.74) is 1.93. The predicted molar refractivity (Wildman–Crippen MR) is 108 cm³/mol. The van der Waals surface area contributed by atoms with Crippen molar-refractivity contribution in [2.75, 3.05) is 25.4 Å². The summed E-state index contributed by atoms with van der Waals surface area (Å²) < 4.78 is 25.8. The van der Waals surface area contributed by atoms with Gasteiger partial charge in [0.2, 0.25) is 15.9 Å². The molecule has 6 nitrogen and oxygen atoms in total. The number of hydrogen-bond donors (Lipinski definition) is 1. The van der Waals surface area contributed by atoms with Crippen LogP contribution in [0.4, 0.5) is 0 Å². The number of amides is 1. The van der Waals surface area contributed by atoms with Crippen molar-refractivity contribution in [3.05, 3.63) is 35.4 Å². The van der Waals surface area contributed by atoms with Gasteiger partial charge in [-0.25, -0.2) is 8.42 Å². The van der Waals surface area contributed by atoms with Gasteiger partial charge in [-0.15, -0.1) is 0 Å². The fourth-order valence-corrected chi connectivity index (χ4v) is 5.06. The summed E-state index contributed by atoms with van der Waals surface area (Å²) in [6, 6.07) is 7.30. The van der Waals surface area contributed by atoms with Crippen molar-refractivity contribution in [2.45, 2.75) is 45.2 Å². The van der Waals surface area contributed by atoms with Gasteiger partial charge in [-0.3, -0.25) is 4.79 Å². The third-order valence-electron chi connectivity index (χ3n) is 5.52. The Hall–Kier alpha value is -1.88. The molecule has 1 aromatic carbocycles. The molecule has 2 fully saturated rings. The second-order valence-corrected chi connectivity index (χ2v) is 10.1. The molecule has 0 aliphatic carbocycles. The Kier molecular flexibility index (Phi) is 6.13. The number of piperazine rings is 1. The quantitative estimate of drug-likeness (QED) is 0.753. The van der Waals surface area contributed by atoms with Crippen LogP contribution < -0.4 is 0 Å². The van der Waals surface area contributed by atoms with E-state index in [-0.39, 0.29) is 49.4 Å². The molecule has 0 spiro atoms. The fraction of sp³-hybridized carbons (Fsp3) is 0.571. The van der Waals surface area contributed by atoms with E-state index in [0.717, 1.165) is 17.5 Å². The number of benzene rings is 1. The summed E-state index contributed by atoms with van der Waals surface area (Å²) in [5.74, 6) is 6.50. The van der Waals surface area contributed by atoms with Gasteiger partial charge in [0.15, 0.2) is 0 Å². The summed E-state index contributed by atoms with van der Waals surface area (Å²) >= 11 is 0. The van der Waals surface area contributed by atoms with Gasteiger partial charge in [0.25, 0.3) is 0 Å². The Morgan fingerprint density at radius 1 is 1.25 bits per heavy atom. The van der Waals surface area contributed by atoms with Crippen LogP contribution in [0.2, 0.25) is 0 Å². The van der Waals surface area contributed by atoms with Crippen molar-refractivity contribution in [3.8, 4) is 11.8 Å². The number of aliphatic hydroxyl groups excluding tert-OH is 1. The summed E-state index contributed by atoms with van der Waals surface area (Å²) in [4.78, 5) is 14.1. The number of aliphatic hydroxyl groups is 1. The molecule has 1 amide bonds. The van der Waals surface area contributed by atoms with Crippen LogP contribution in [0.1, 0.15) is 44.2 Å². The molecule has 0 unspecified atom stereocenters. The molecule has 7 heteroatoms. The lowest BCUT2D eigenvalue weighted by molar-refractivity contribution is -0.158. The SMILES string of the molecule is CCS(=O)(=O)N1CC(=O)N2[C@H](C1)[C@@H](c1ccc(C#CCC(C)C)cc1)[C@@H]2CO. The number of hydrogen-bond acceptors (Lipinski definition) is 4. The van der Waals surface area contributed by atoms with Gasteiger partial charge in [-0.05, 0) is 30.5 Å². The molecule has 1 N–H and O–H groups in total. The van der Waals surface area contributed by atoms with Gasteiger partial charge in [0, 0.05) is 24.4 Å². The molecule has 0 saturated carbocycles. The van der Waals surface area contributed by atoms with Gasteiger partial charge in [-0.2, -0.15) is 4.31 Å². The Balaban J connectivity index is 1.80. The Bertz CT molecular complexity index is 883. The van der Waals surface area contributed by atoms with Crippen LogP contribution in [0, 0.1) is 17.8 Å². The summed E-state index contributed by atoms with van der Waals surface area (Å²) in [5, 5.41) is 9.82. The van der Waals surface area contributed by atoms with Crippen molar-refractivity contribution in [3.63, 3.8) is 0 Å². The molecule has 152 valence electrons. The van der Waals surface area contributed by atoms with Crippen molar-refractivity contribution in [1.82, 2.24) is 9.21 Å². The number of carbonyl (C=O) groups is 1. The number of nitrogens with zero attached hydrogens (tertiary/aromatic N) is 2. The lowest BCUT2D eigenvalue weighted by atomic mass is 9.74. The maximum Gasteiger partial charge on any atom is 0.238 e. The van der Waals surface area contributed by atoms with Crippen LogP contribution in [0.3, 0.4) is 0 Å². The molecule has 3 atom stereocenters. The third kappa shape index (κ3) is 3.95. The second kappa shape index (κ2) is 8.24. The number of sulfonamides is 1. The highest BCUT2D eigenvalue weighted by atomic mass is 32.2. The normalized spacial score (nSPS) is 25.1. The maximum absolute atomic E-state index is 12.5. The smallest absolute Gasteiger partial charge is 0.238 e. The van der Waals surface area contributed by atoms with Crippen LogP contribution >= 0.6 is 0 Å². The second-order valence-electron chi connectivity index (χ2n) is 7.86. The lowest BCUT2D eigenvalue weighted by Crippen LogP contribution is -2.73. The Morgan fingerprint density at radius 2 is 1.93 bits per heavy atom. The molecule has 2 heterocycles. The van der Waals surface area contributed by atoms with E-state index in [1.54, 1.807) is 11.8 Å². The van der Waals surface area contributed by atoms with Crippen molar-refractivity contribution in [1.29, 1.82) is 0 Å². The number of rotatable bonds is 5. The van der Waals surface area contributed by atoms with Crippen LogP contribution in [-0.2, 0) is 14.8 Å². The molecule has 0 bridgehead atoms. The zero-order valence-corrected chi connectivity index (χ0v) is 17.4. The average Bonchev–Trinajstić information content (AvgIpc) is 2.64. The highest BCUT2D eigenvalue weighted by Gasteiger charge is 2.55. The summed E-state index contributed by atoms with van der Waals surface area (Å²) in [6.45, 7) is 5.84. The predicted octanol–water partition coefficient (Wildman–Crippen LogP) is 1.40. The minimum absolute atomic E-state index is 0.0230. The zero-order valence-electron chi connectivity index (χ0n) is 16.6. The van der Waals surface area contributed by atoms with E-state index in [9.17, 15) is 18.3 Å². The molecule has 3 rings (SSSR count). The highest BCUT2D eigenvalue weighted by molar-refractivity contribution is 7.89. The van der Waals surface area contributed by atoms with Crippen molar-refractivity contribution < 1.29 is 18.3 Å². The largest absolute Gasteiger partial charge is 0.394 e. The zero-order chi connectivity index (χ0) is 20.5. The topological polar surface area (TPSA) is 77.9 Å². The van der Waals surface area contributed by atoms with Crippen LogP contribution in [-0.4, -0.2) is 66.2 Å².